The molecule has 2 aromatic rings. The van der Waals surface area contributed by atoms with Crippen molar-refractivity contribution in [1.82, 2.24) is 0 Å². The van der Waals surface area contributed by atoms with Crippen molar-refractivity contribution >= 4 is 41.1 Å². The van der Waals surface area contributed by atoms with Crippen molar-refractivity contribution in [2.45, 2.75) is 11.8 Å². The molecule has 8 heteroatoms. The van der Waals surface area contributed by atoms with Crippen molar-refractivity contribution in [2.24, 2.45) is 0 Å². The second-order valence-electron chi connectivity index (χ2n) is 5.68. The minimum atomic E-state index is -0.650. The molecular formula is C20H19NO6S. The summed E-state index contributed by atoms with van der Waals surface area (Å²) in [5.74, 6) is -1.42. The molecule has 0 aliphatic rings. The molecule has 146 valence electrons. The number of Topliss-reactive ketones (excluding diaryl/α,β-unsaturated/α-hetero) is 1. The molecule has 0 radical (unpaired) electrons. The van der Waals surface area contributed by atoms with Crippen molar-refractivity contribution < 1.29 is 28.7 Å². The summed E-state index contributed by atoms with van der Waals surface area (Å²) in [7, 11) is 1.28. The summed E-state index contributed by atoms with van der Waals surface area (Å²) in [5, 5.41) is 2.57. The molecule has 0 bridgehead atoms. The van der Waals surface area contributed by atoms with Crippen molar-refractivity contribution in [3.63, 3.8) is 0 Å². The van der Waals surface area contributed by atoms with Crippen LogP contribution in [-0.2, 0) is 19.1 Å². The van der Waals surface area contributed by atoms with Crippen LogP contribution in [0.1, 0.15) is 27.6 Å². The third kappa shape index (κ3) is 6.24. The number of esters is 2. The average molecular weight is 401 g/mol. The lowest BCUT2D eigenvalue weighted by Crippen LogP contribution is -2.21. The van der Waals surface area contributed by atoms with Gasteiger partial charge in [-0.2, -0.15) is 0 Å². The van der Waals surface area contributed by atoms with Crippen LogP contribution in [0.5, 0.6) is 0 Å². The van der Waals surface area contributed by atoms with Crippen molar-refractivity contribution in [2.75, 3.05) is 24.8 Å². The molecule has 0 aliphatic carbocycles. The van der Waals surface area contributed by atoms with Gasteiger partial charge in [0.1, 0.15) is 5.78 Å². The van der Waals surface area contributed by atoms with E-state index in [2.05, 4.69) is 10.1 Å². The van der Waals surface area contributed by atoms with Gasteiger partial charge in [0.05, 0.1) is 24.0 Å². The summed E-state index contributed by atoms with van der Waals surface area (Å²) >= 11 is 1.24. The molecule has 1 N–H and O–H groups in total. The number of methoxy groups -OCH3 is 1. The van der Waals surface area contributed by atoms with E-state index in [0.29, 0.717) is 21.7 Å². The maximum atomic E-state index is 12.3. The summed E-state index contributed by atoms with van der Waals surface area (Å²) in [6.07, 6.45) is 0. The van der Waals surface area contributed by atoms with Crippen molar-refractivity contribution in [3.05, 3.63) is 59.7 Å². The molecule has 1 amide bonds. The monoisotopic (exact) mass is 401 g/mol. The van der Waals surface area contributed by atoms with Crippen LogP contribution in [0.15, 0.2) is 53.4 Å². The maximum absolute atomic E-state index is 12.3. The highest BCUT2D eigenvalue weighted by Gasteiger charge is 2.15. The number of amides is 1. The van der Waals surface area contributed by atoms with Crippen LogP contribution < -0.4 is 5.32 Å². The quantitative estimate of drug-likeness (QED) is 0.536. The van der Waals surface area contributed by atoms with E-state index < -0.39 is 24.5 Å². The number of carbonyl (C=O) groups excluding carboxylic acids is 4. The number of benzene rings is 2. The van der Waals surface area contributed by atoms with Gasteiger partial charge in [-0.1, -0.05) is 12.1 Å². The number of carbonyl (C=O) groups is 4. The highest BCUT2D eigenvalue weighted by atomic mass is 32.2. The summed E-state index contributed by atoms with van der Waals surface area (Å²) in [4.78, 5) is 47.4. The van der Waals surface area contributed by atoms with E-state index in [1.54, 1.807) is 36.4 Å². The number of thioether (sulfide) groups is 1. The number of rotatable bonds is 8. The number of hydrogen-bond acceptors (Lipinski definition) is 7. The number of ketones is 1. The topological polar surface area (TPSA) is 98.8 Å². The Kier molecular flexibility index (Phi) is 7.76. The van der Waals surface area contributed by atoms with Gasteiger partial charge in [-0.15, -0.1) is 11.8 Å². The summed E-state index contributed by atoms with van der Waals surface area (Å²) in [5.41, 5.74) is 1.10. The van der Waals surface area contributed by atoms with E-state index in [4.69, 9.17) is 4.74 Å². The lowest BCUT2D eigenvalue weighted by molar-refractivity contribution is -0.119. The van der Waals surface area contributed by atoms with Crippen molar-refractivity contribution in [3.8, 4) is 0 Å². The maximum Gasteiger partial charge on any atom is 0.339 e. The van der Waals surface area contributed by atoms with Crippen LogP contribution in [0.2, 0.25) is 0 Å². The average Bonchev–Trinajstić information content (AvgIpc) is 2.70. The van der Waals surface area contributed by atoms with E-state index in [-0.39, 0.29) is 11.5 Å². The molecule has 0 fully saturated rings. The van der Waals surface area contributed by atoms with E-state index in [1.165, 1.54) is 37.9 Å². The minimum absolute atomic E-state index is 0.00855. The predicted molar refractivity (Wildman–Crippen MR) is 105 cm³/mol. The molecule has 28 heavy (non-hydrogen) atoms. The molecule has 0 saturated heterocycles. The van der Waals surface area contributed by atoms with Gasteiger partial charge in [-0.05, 0) is 43.3 Å². The Labute approximate surface area is 166 Å². The van der Waals surface area contributed by atoms with Crippen LogP contribution in [0.25, 0.3) is 0 Å². The molecule has 0 heterocycles. The zero-order valence-electron chi connectivity index (χ0n) is 15.4. The Morgan fingerprint density at radius 2 is 1.64 bits per heavy atom. The van der Waals surface area contributed by atoms with E-state index in [1.807, 2.05) is 0 Å². The lowest BCUT2D eigenvalue weighted by atomic mass is 10.2. The fraction of sp³-hybridized carbons (Fsp3) is 0.200. The Hall–Kier alpha value is -3.13. The smallest absolute Gasteiger partial charge is 0.339 e. The van der Waals surface area contributed by atoms with E-state index >= 15 is 0 Å². The van der Waals surface area contributed by atoms with Gasteiger partial charge < -0.3 is 14.8 Å². The molecule has 0 aliphatic heterocycles. The third-order valence-electron chi connectivity index (χ3n) is 3.46. The fourth-order valence-electron chi connectivity index (χ4n) is 2.15. The molecule has 2 aromatic carbocycles. The predicted octanol–water partition coefficient (Wildman–Crippen LogP) is 2.95. The van der Waals surface area contributed by atoms with Gasteiger partial charge in [0.2, 0.25) is 0 Å². The van der Waals surface area contributed by atoms with Crippen LogP contribution in [-0.4, -0.2) is 43.1 Å². The fourth-order valence-corrected chi connectivity index (χ4v) is 2.99. The highest BCUT2D eigenvalue weighted by Crippen LogP contribution is 2.23. The van der Waals surface area contributed by atoms with Gasteiger partial charge in [0, 0.05) is 10.6 Å². The molecule has 0 aromatic heterocycles. The Balaban J connectivity index is 1.91. The lowest BCUT2D eigenvalue weighted by Gasteiger charge is -2.09. The summed E-state index contributed by atoms with van der Waals surface area (Å²) in [6, 6.07) is 12.8. The summed E-state index contributed by atoms with van der Waals surface area (Å²) < 4.78 is 9.67. The second kappa shape index (κ2) is 10.3. The highest BCUT2D eigenvalue weighted by molar-refractivity contribution is 8.00. The second-order valence-corrected chi connectivity index (χ2v) is 6.70. The first kappa shape index (κ1) is 21.2. The van der Waals surface area contributed by atoms with Crippen molar-refractivity contribution in [1.29, 1.82) is 0 Å². The Morgan fingerprint density at radius 1 is 0.964 bits per heavy atom. The normalized spacial score (nSPS) is 10.1. The summed E-state index contributed by atoms with van der Waals surface area (Å²) in [6.45, 7) is 0.999. The zero-order chi connectivity index (χ0) is 20.5. The number of ether oxygens (including phenoxy) is 2. The first-order chi connectivity index (χ1) is 13.4. The van der Waals surface area contributed by atoms with Crippen LogP contribution >= 0.6 is 11.8 Å². The molecule has 0 atom stereocenters. The Bertz CT molecular complexity index is 879. The third-order valence-corrected chi connectivity index (χ3v) is 4.68. The van der Waals surface area contributed by atoms with Gasteiger partial charge in [0.25, 0.3) is 5.91 Å². The van der Waals surface area contributed by atoms with Gasteiger partial charge in [-0.25, -0.2) is 9.59 Å². The first-order valence-corrected chi connectivity index (χ1v) is 9.26. The Morgan fingerprint density at radius 3 is 2.29 bits per heavy atom. The molecule has 0 unspecified atom stereocenters. The standard InChI is InChI=1S/C20H19NO6S/c1-13(22)12-28-17-6-4-3-5-16(17)20(25)27-11-18(23)21-15-9-7-14(8-10-15)19(24)26-2/h3-10H,11-12H2,1-2H3,(H,21,23). The van der Waals surface area contributed by atoms with E-state index in [0.717, 1.165) is 0 Å². The van der Waals surface area contributed by atoms with Crippen LogP contribution in [0.4, 0.5) is 5.69 Å². The number of anilines is 1. The molecule has 0 saturated carbocycles. The molecular weight excluding hydrogens is 382 g/mol. The molecule has 2 rings (SSSR count). The van der Waals surface area contributed by atoms with E-state index in [9.17, 15) is 19.2 Å². The number of nitrogens with one attached hydrogen (secondary N) is 1. The SMILES string of the molecule is COC(=O)c1ccc(NC(=O)COC(=O)c2ccccc2SCC(C)=O)cc1. The van der Waals surface area contributed by atoms with Gasteiger partial charge in [-0.3, -0.25) is 9.59 Å². The van der Waals surface area contributed by atoms with Gasteiger partial charge in [0.15, 0.2) is 6.61 Å². The van der Waals surface area contributed by atoms with Gasteiger partial charge >= 0.3 is 11.9 Å². The first-order valence-electron chi connectivity index (χ1n) is 8.27. The largest absolute Gasteiger partial charge is 0.465 e. The molecule has 7 nitrogen and oxygen atoms in total. The zero-order valence-corrected chi connectivity index (χ0v) is 16.2. The van der Waals surface area contributed by atoms with Crippen LogP contribution in [0.3, 0.4) is 0 Å². The molecule has 0 spiro atoms. The van der Waals surface area contributed by atoms with Crippen LogP contribution in [0, 0.1) is 0 Å². The number of hydrogen-bond donors (Lipinski definition) is 1. The minimum Gasteiger partial charge on any atom is -0.465 e.